The molecule has 0 saturated heterocycles. The number of ether oxygens (including phenoxy) is 1. The number of hydrogen-bond acceptors (Lipinski definition) is 6. The number of Topliss-reactive ketones (excluding diaryl/α,β-unsaturated/α-hetero) is 1. The Morgan fingerprint density at radius 1 is 1.39 bits per heavy atom. The lowest BCUT2D eigenvalue weighted by Gasteiger charge is -2.12. The predicted octanol–water partition coefficient (Wildman–Crippen LogP) is 0.214. The number of rotatable bonds is 5. The van der Waals surface area contributed by atoms with Crippen molar-refractivity contribution in [3.05, 3.63) is 21.9 Å². The Kier molecular flexibility index (Phi) is 4.99. The van der Waals surface area contributed by atoms with Crippen LogP contribution < -0.4 is 5.32 Å². The van der Waals surface area contributed by atoms with Gasteiger partial charge in [-0.1, -0.05) is 0 Å². The molecule has 1 aromatic rings. The van der Waals surface area contributed by atoms with Crippen molar-refractivity contribution in [3.63, 3.8) is 0 Å². The highest BCUT2D eigenvalue weighted by Crippen LogP contribution is 2.16. The molecule has 18 heavy (non-hydrogen) atoms. The van der Waals surface area contributed by atoms with Crippen LogP contribution >= 0.6 is 11.3 Å². The second-order valence-corrected chi connectivity index (χ2v) is 4.54. The van der Waals surface area contributed by atoms with Gasteiger partial charge in [-0.05, 0) is 19.1 Å². The van der Waals surface area contributed by atoms with Crippen molar-refractivity contribution in [1.29, 1.82) is 0 Å². The average molecular weight is 271 g/mol. The summed E-state index contributed by atoms with van der Waals surface area (Å²) in [6, 6.07) is 1.92. The highest BCUT2D eigenvalue weighted by atomic mass is 32.1. The maximum absolute atomic E-state index is 11.7. The van der Waals surface area contributed by atoms with E-state index >= 15 is 0 Å². The molecule has 0 aliphatic rings. The van der Waals surface area contributed by atoms with E-state index in [1.807, 2.05) is 0 Å². The first kappa shape index (κ1) is 14.3. The molecule has 0 spiro atoms. The topological polar surface area (TPSA) is 92.7 Å². The molecule has 2 N–H and O–H groups in total. The van der Waals surface area contributed by atoms with Crippen LogP contribution in [0, 0.1) is 0 Å². The summed E-state index contributed by atoms with van der Waals surface area (Å²) >= 11 is 1.03. The summed E-state index contributed by atoms with van der Waals surface area (Å²) in [6.07, 6.45) is 0. The number of methoxy groups -OCH3 is 1. The molecule has 0 fully saturated rings. The maximum Gasteiger partial charge on any atom is 0.330 e. The molecule has 7 heteroatoms. The fraction of sp³-hybridized carbons (Fsp3) is 0.364. The van der Waals surface area contributed by atoms with Crippen LogP contribution in [0.3, 0.4) is 0 Å². The molecule has 0 unspecified atom stereocenters. The van der Waals surface area contributed by atoms with E-state index in [4.69, 9.17) is 5.11 Å². The van der Waals surface area contributed by atoms with Crippen LogP contribution in [0.1, 0.15) is 26.3 Å². The zero-order valence-corrected chi connectivity index (χ0v) is 10.7. The Morgan fingerprint density at radius 3 is 2.44 bits per heavy atom. The first-order valence-corrected chi connectivity index (χ1v) is 5.91. The second kappa shape index (κ2) is 6.27. The lowest BCUT2D eigenvalue weighted by molar-refractivity contribution is -0.143. The largest absolute Gasteiger partial charge is 0.467 e. The third-order valence-corrected chi connectivity index (χ3v) is 3.34. The molecule has 0 bridgehead atoms. The van der Waals surface area contributed by atoms with Gasteiger partial charge in [0.05, 0.1) is 23.5 Å². The van der Waals surface area contributed by atoms with E-state index in [2.05, 4.69) is 10.1 Å². The molecule has 0 saturated carbocycles. The van der Waals surface area contributed by atoms with Gasteiger partial charge in [0.1, 0.15) is 0 Å². The zero-order chi connectivity index (χ0) is 13.7. The highest BCUT2D eigenvalue weighted by Gasteiger charge is 2.22. The van der Waals surface area contributed by atoms with E-state index in [-0.39, 0.29) is 5.78 Å². The number of ketones is 1. The van der Waals surface area contributed by atoms with Gasteiger partial charge >= 0.3 is 5.97 Å². The third kappa shape index (κ3) is 3.38. The first-order valence-electron chi connectivity index (χ1n) is 5.10. The van der Waals surface area contributed by atoms with Gasteiger partial charge in [0.25, 0.3) is 5.91 Å². The van der Waals surface area contributed by atoms with Gasteiger partial charge in [-0.2, -0.15) is 0 Å². The van der Waals surface area contributed by atoms with Crippen molar-refractivity contribution in [2.75, 3.05) is 13.7 Å². The van der Waals surface area contributed by atoms with Crippen molar-refractivity contribution in [1.82, 2.24) is 5.32 Å². The second-order valence-electron chi connectivity index (χ2n) is 3.45. The van der Waals surface area contributed by atoms with Gasteiger partial charge in [0.2, 0.25) is 0 Å². The van der Waals surface area contributed by atoms with Crippen LogP contribution in [0.25, 0.3) is 0 Å². The van der Waals surface area contributed by atoms with E-state index in [0.29, 0.717) is 9.75 Å². The Morgan fingerprint density at radius 2 is 2.00 bits per heavy atom. The van der Waals surface area contributed by atoms with Gasteiger partial charge in [-0.15, -0.1) is 11.3 Å². The Hall–Kier alpha value is -1.73. The minimum absolute atomic E-state index is 0.134. The minimum Gasteiger partial charge on any atom is -0.467 e. The first-order chi connectivity index (χ1) is 8.49. The number of thiophene rings is 1. The summed E-state index contributed by atoms with van der Waals surface area (Å²) in [5.41, 5.74) is 0. The Labute approximate surface area is 108 Å². The monoisotopic (exact) mass is 271 g/mol. The fourth-order valence-electron chi connectivity index (χ4n) is 1.20. The molecule has 1 aromatic heterocycles. The van der Waals surface area contributed by atoms with E-state index in [1.54, 1.807) is 0 Å². The van der Waals surface area contributed by atoms with Crippen molar-refractivity contribution >= 4 is 29.0 Å². The van der Waals surface area contributed by atoms with E-state index in [9.17, 15) is 14.4 Å². The van der Waals surface area contributed by atoms with Crippen LogP contribution in [0.2, 0.25) is 0 Å². The number of amides is 1. The molecule has 0 aliphatic carbocycles. The van der Waals surface area contributed by atoms with Crippen LogP contribution in [0.15, 0.2) is 12.1 Å². The van der Waals surface area contributed by atoms with E-state index in [1.165, 1.54) is 19.1 Å². The fourth-order valence-corrected chi connectivity index (χ4v) is 2.00. The molecule has 0 aromatic carbocycles. The number of esters is 1. The smallest absolute Gasteiger partial charge is 0.330 e. The lowest BCUT2D eigenvalue weighted by atomic mass is 10.3. The molecule has 0 radical (unpaired) electrons. The number of carbonyl (C=O) groups excluding carboxylic acids is 3. The quantitative estimate of drug-likeness (QED) is 0.590. The van der Waals surface area contributed by atoms with Gasteiger partial charge < -0.3 is 15.2 Å². The summed E-state index contributed by atoms with van der Waals surface area (Å²) in [7, 11) is 1.16. The van der Waals surface area contributed by atoms with Crippen molar-refractivity contribution < 1.29 is 24.2 Å². The number of carbonyl (C=O) groups is 3. The highest BCUT2D eigenvalue weighted by molar-refractivity contribution is 7.15. The summed E-state index contributed by atoms with van der Waals surface area (Å²) in [5, 5.41) is 11.3. The predicted molar refractivity (Wildman–Crippen MR) is 64.7 cm³/mol. The summed E-state index contributed by atoms with van der Waals surface area (Å²) in [5.74, 6) is -1.39. The Bertz CT molecular complexity index is 468. The summed E-state index contributed by atoms with van der Waals surface area (Å²) < 4.78 is 4.42. The summed E-state index contributed by atoms with van der Waals surface area (Å²) in [4.78, 5) is 34.7. The van der Waals surface area contributed by atoms with Crippen molar-refractivity contribution in [2.24, 2.45) is 0 Å². The van der Waals surface area contributed by atoms with Crippen LogP contribution in [0.4, 0.5) is 0 Å². The van der Waals surface area contributed by atoms with Gasteiger partial charge in [-0.25, -0.2) is 4.79 Å². The molecule has 1 amide bonds. The molecule has 1 atom stereocenters. The number of aliphatic hydroxyl groups is 1. The number of nitrogens with one attached hydrogen (secondary N) is 1. The molecule has 1 rings (SSSR count). The summed E-state index contributed by atoms with van der Waals surface area (Å²) in [6.45, 7) is 0.849. The van der Waals surface area contributed by atoms with Crippen LogP contribution in [-0.2, 0) is 9.53 Å². The Balaban J connectivity index is 2.74. The number of aliphatic hydroxyl groups excluding tert-OH is 1. The molecule has 98 valence electrons. The lowest BCUT2D eigenvalue weighted by Crippen LogP contribution is -2.43. The molecule has 1 heterocycles. The van der Waals surface area contributed by atoms with Crippen LogP contribution in [-0.4, -0.2) is 42.5 Å². The van der Waals surface area contributed by atoms with Gasteiger partial charge in [-0.3, -0.25) is 9.59 Å². The number of hydrogen-bond donors (Lipinski definition) is 2. The SMILES string of the molecule is COC(=O)[C@H](CO)NC(=O)c1ccc(C(C)=O)s1. The third-order valence-electron chi connectivity index (χ3n) is 2.15. The maximum atomic E-state index is 11.7. The average Bonchev–Trinajstić information content (AvgIpc) is 2.84. The van der Waals surface area contributed by atoms with E-state index in [0.717, 1.165) is 18.4 Å². The molecule has 6 nitrogen and oxygen atoms in total. The van der Waals surface area contributed by atoms with Gasteiger partial charge in [0.15, 0.2) is 11.8 Å². The van der Waals surface area contributed by atoms with Crippen molar-refractivity contribution in [2.45, 2.75) is 13.0 Å². The molecular weight excluding hydrogens is 258 g/mol. The van der Waals surface area contributed by atoms with Crippen LogP contribution in [0.5, 0.6) is 0 Å². The molecular formula is C11H13NO5S. The minimum atomic E-state index is -1.11. The van der Waals surface area contributed by atoms with Gasteiger partial charge in [0, 0.05) is 0 Å². The standard InChI is InChI=1S/C11H13NO5S/c1-6(14)8-3-4-9(18-8)10(15)12-7(5-13)11(16)17-2/h3-4,7,13H,5H2,1-2H3,(H,12,15)/t7-/m0/s1. The normalized spacial score (nSPS) is 11.7. The zero-order valence-electron chi connectivity index (χ0n) is 9.93. The van der Waals surface area contributed by atoms with Crippen molar-refractivity contribution in [3.8, 4) is 0 Å². The molecule has 0 aliphatic heterocycles. The van der Waals surface area contributed by atoms with E-state index < -0.39 is 24.5 Å².